The van der Waals surface area contributed by atoms with Gasteiger partial charge >= 0.3 is 0 Å². The standard InChI is InChI=1S/C16H18N4/c17-16(18)13-7-8-15(19-10-13)20-9-3-6-12-4-1-2-5-14(12)11-20/h1-2,4-5,7-8,10H,3,6,9,11H2,(H3,17,18). The summed E-state index contributed by atoms with van der Waals surface area (Å²) in [6.07, 6.45) is 3.93. The Morgan fingerprint density at radius 3 is 2.65 bits per heavy atom. The van der Waals surface area contributed by atoms with Crippen LogP contribution in [0.3, 0.4) is 0 Å². The molecule has 0 saturated carbocycles. The zero-order chi connectivity index (χ0) is 13.9. The van der Waals surface area contributed by atoms with E-state index in [0.29, 0.717) is 5.56 Å². The molecule has 2 aromatic rings. The number of hydrogen-bond acceptors (Lipinski definition) is 3. The number of rotatable bonds is 2. The first-order valence-electron chi connectivity index (χ1n) is 6.86. The molecule has 1 aromatic heterocycles. The Labute approximate surface area is 118 Å². The van der Waals surface area contributed by atoms with Crippen molar-refractivity contribution in [3.8, 4) is 0 Å². The normalized spacial score (nSPS) is 14.5. The van der Waals surface area contributed by atoms with Crippen molar-refractivity contribution < 1.29 is 0 Å². The SMILES string of the molecule is N=C(N)c1ccc(N2CCCc3ccccc3C2)nc1. The lowest BCUT2D eigenvalue weighted by molar-refractivity contribution is 0.754. The molecule has 1 aliphatic rings. The number of nitrogens with one attached hydrogen (secondary N) is 1. The van der Waals surface area contributed by atoms with E-state index in [0.717, 1.165) is 31.7 Å². The second-order valence-electron chi connectivity index (χ2n) is 5.11. The number of benzene rings is 1. The largest absolute Gasteiger partial charge is 0.384 e. The molecule has 4 nitrogen and oxygen atoms in total. The van der Waals surface area contributed by atoms with E-state index in [2.05, 4.69) is 34.1 Å². The Kier molecular flexibility index (Phi) is 3.37. The highest BCUT2D eigenvalue weighted by Crippen LogP contribution is 2.22. The van der Waals surface area contributed by atoms with Gasteiger partial charge in [-0.25, -0.2) is 4.98 Å². The molecule has 0 fully saturated rings. The Morgan fingerprint density at radius 2 is 1.95 bits per heavy atom. The van der Waals surface area contributed by atoms with E-state index in [1.165, 1.54) is 11.1 Å². The molecule has 0 unspecified atom stereocenters. The number of hydrogen-bond donors (Lipinski definition) is 2. The van der Waals surface area contributed by atoms with Crippen LogP contribution in [-0.4, -0.2) is 17.4 Å². The first-order valence-corrected chi connectivity index (χ1v) is 6.86. The van der Waals surface area contributed by atoms with Gasteiger partial charge in [-0.15, -0.1) is 0 Å². The highest BCUT2D eigenvalue weighted by molar-refractivity contribution is 5.94. The highest BCUT2D eigenvalue weighted by atomic mass is 15.2. The smallest absolute Gasteiger partial charge is 0.128 e. The number of aromatic nitrogens is 1. The van der Waals surface area contributed by atoms with Crippen molar-refractivity contribution in [2.75, 3.05) is 11.4 Å². The Hall–Kier alpha value is -2.36. The second kappa shape index (κ2) is 5.33. The average molecular weight is 266 g/mol. The third kappa shape index (κ3) is 2.50. The van der Waals surface area contributed by atoms with Crippen molar-refractivity contribution in [3.63, 3.8) is 0 Å². The van der Waals surface area contributed by atoms with Gasteiger partial charge < -0.3 is 10.6 Å². The third-order valence-electron chi connectivity index (χ3n) is 3.74. The van der Waals surface area contributed by atoms with Gasteiger partial charge in [-0.2, -0.15) is 0 Å². The molecule has 0 spiro atoms. The average Bonchev–Trinajstić information content (AvgIpc) is 2.69. The van der Waals surface area contributed by atoms with Crippen LogP contribution in [0.4, 0.5) is 5.82 Å². The maximum absolute atomic E-state index is 7.41. The molecule has 3 rings (SSSR count). The Balaban J connectivity index is 1.85. The lowest BCUT2D eigenvalue weighted by Gasteiger charge is -2.22. The van der Waals surface area contributed by atoms with Crippen LogP contribution in [-0.2, 0) is 13.0 Å². The summed E-state index contributed by atoms with van der Waals surface area (Å²) in [5.41, 5.74) is 8.95. The van der Waals surface area contributed by atoms with E-state index in [4.69, 9.17) is 11.1 Å². The highest BCUT2D eigenvalue weighted by Gasteiger charge is 2.15. The minimum absolute atomic E-state index is 0.0604. The van der Waals surface area contributed by atoms with Gasteiger partial charge in [0.15, 0.2) is 0 Å². The van der Waals surface area contributed by atoms with E-state index in [9.17, 15) is 0 Å². The number of fused-ring (bicyclic) bond motifs is 1. The molecule has 2 heterocycles. The fourth-order valence-corrected chi connectivity index (χ4v) is 2.63. The number of nitrogen functional groups attached to an aromatic ring is 1. The molecule has 0 saturated heterocycles. The Bertz CT molecular complexity index is 619. The maximum Gasteiger partial charge on any atom is 0.128 e. The van der Waals surface area contributed by atoms with E-state index >= 15 is 0 Å². The first-order chi connectivity index (χ1) is 9.74. The summed E-state index contributed by atoms with van der Waals surface area (Å²) in [7, 11) is 0. The molecule has 0 bridgehead atoms. The zero-order valence-electron chi connectivity index (χ0n) is 11.3. The fraction of sp³-hybridized carbons (Fsp3) is 0.250. The lowest BCUT2D eigenvalue weighted by atomic mass is 10.0. The van der Waals surface area contributed by atoms with Gasteiger partial charge in [-0.3, -0.25) is 5.41 Å². The topological polar surface area (TPSA) is 66.0 Å². The van der Waals surface area contributed by atoms with Gasteiger partial charge in [0.05, 0.1) is 0 Å². The van der Waals surface area contributed by atoms with Crippen LogP contribution >= 0.6 is 0 Å². The number of nitrogens with two attached hydrogens (primary N) is 1. The molecule has 0 atom stereocenters. The first kappa shape index (κ1) is 12.7. The van der Waals surface area contributed by atoms with Crippen molar-refractivity contribution in [2.45, 2.75) is 19.4 Å². The summed E-state index contributed by atoms with van der Waals surface area (Å²) in [5.74, 6) is 1.01. The van der Waals surface area contributed by atoms with Crippen LogP contribution in [0.5, 0.6) is 0 Å². The number of nitrogens with zero attached hydrogens (tertiary/aromatic N) is 2. The lowest BCUT2D eigenvalue weighted by Crippen LogP contribution is -2.23. The summed E-state index contributed by atoms with van der Waals surface area (Å²) in [6, 6.07) is 12.4. The van der Waals surface area contributed by atoms with Gasteiger partial charge in [0, 0.05) is 24.8 Å². The van der Waals surface area contributed by atoms with E-state index in [1.807, 2.05) is 12.1 Å². The summed E-state index contributed by atoms with van der Waals surface area (Å²) in [6.45, 7) is 1.89. The van der Waals surface area contributed by atoms with Gasteiger partial charge in [0.2, 0.25) is 0 Å². The van der Waals surface area contributed by atoms with Gasteiger partial charge in [0.25, 0.3) is 0 Å². The third-order valence-corrected chi connectivity index (χ3v) is 3.74. The molecule has 0 radical (unpaired) electrons. The maximum atomic E-state index is 7.41. The molecular formula is C16H18N4. The predicted molar refractivity (Wildman–Crippen MR) is 81.1 cm³/mol. The number of amidine groups is 1. The van der Waals surface area contributed by atoms with Gasteiger partial charge in [0.1, 0.15) is 11.7 Å². The summed E-state index contributed by atoms with van der Waals surface area (Å²) in [4.78, 5) is 6.73. The molecule has 20 heavy (non-hydrogen) atoms. The molecule has 4 heteroatoms. The summed E-state index contributed by atoms with van der Waals surface area (Å²) in [5, 5.41) is 7.41. The molecule has 1 aliphatic heterocycles. The van der Waals surface area contributed by atoms with Crippen LogP contribution in [0.15, 0.2) is 42.6 Å². The van der Waals surface area contributed by atoms with Crippen LogP contribution in [0.25, 0.3) is 0 Å². The second-order valence-corrected chi connectivity index (χ2v) is 5.11. The van der Waals surface area contributed by atoms with Crippen molar-refractivity contribution in [1.29, 1.82) is 5.41 Å². The summed E-state index contributed by atoms with van der Waals surface area (Å²) >= 11 is 0. The van der Waals surface area contributed by atoms with E-state index in [1.54, 1.807) is 6.20 Å². The molecule has 0 amide bonds. The fourth-order valence-electron chi connectivity index (χ4n) is 2.63. The van der Waals surface area contributed by atoms with Crippen LogP contribution in [0, 0.1) is 5.41 Å². The van der Waals surface area contributed by atoms with Gasteiger partial charge in [-0.1, -0.05) is 24.3 Å². The van der Waals surface area contributed by atoms with Crippen LogP contribution in [0.2, 0.25) is 0 Å². The van der Waals surface area contributed by atoms with E-state index in [-0.39, 0.29) is 5.84 Å². The number of aryl methyl sites for hydroxylation is 1. The van der Waals surface area contributed by atoms with Gasteiger partial charge in [-0.05, 0) is 36.1 Å². The minimum Gasteiger partial charge on any atom is -0.384 e. The molecule has 1 aromatic carbocycles. The van der Waals surface area contributed by atoms with Crippen molar-refractivity contribution in [1.82, 2.24) is 4.98 Å². The molecular weight excluding hydrogens is 248 g/mol. The van der Waals surface area contributed by atoms with Crippen LogP contribution in [0.1, 0.15) is 23.1 Å². The Morgan fingerprint density at radius 1 is 1.15 bits per heavy atom. The number of anilines is 1. The minimum atomic E-state index is 0.0604. The molecule has 3 N–H and O–H groups in total. The molecule has 102 valence electrons. The monoisotopic (exact) mass is 266 g/mol. The van der Waals surface area contributed by atoms with Crippen molar-refractivity contribution >= 4 is 11.7 Å². The van der Waals surface area contributed by atoms with Crippen molar-refractivity contribution in [3.05, 3.63) is 59.3 Å². The quantitative estimate of drug-likeness (QED) is 0.647. The summed E-state index contributed by atoms with van der Waals surface area (Å²) < 4.78 is 0. The molecule has 0 aliphatic carbocycles. The zero-order valence-corrected chi connectivity index (χ0v) is 11.3. The van der Waals surface area contributed by atoms with Crippen LogP contribution < -0.4 is 10.6 Å². The number of pyridine rings is 1. The van der Waals surface area contributed by atoms with E-state index < -0.39 is 0 Å². The van der Waals surface area contributed by atoms with Crippen molar-refractivity contribution in [2.24, 2.45) is 5.73 Å². The predicted octanol–water partition coefficient (Wildman–Crippen LogP) is 2.32.